The lowest BCUT2D eigenvalue weighted by Gasteiger charge is -2.29. The van der Waals surface area contributed by atoms with Gasteiger partial charge in [0.05, 0.1) is 7.11 Å². The van der Waals surface area contributed by atoms with Crippen LogP contribution in [0.4, 0.5) is 0 Å². The lowest BCUT2D eigenvalue weighted by Crippen LogP contribution is -2.32. The summed E-state index contributed by atoms with van der Waals surface area (Å²) in [6.45, 7) is 0.937. The van der Waals surface area contributed by atoms with Gasteiger partial charge in [-0.3, -0.25) is 0 Å². The fourth-order valence-corrected chi connectivity index (χ4v) is 3.13. The lowest BCUT2D eigenvalue weighted by atomic mass is 9.78. The topological polar surface area (TPSA) is 53.7 Å². The Kier molecular flexibility index (Phi) is 2.82. The van der Waals surface area contributed by atoms with Gasteiger partial charge in [-0.15, -0.1) is 0 Å². The van der Waals surface area contributed by atoms with E-state index in [0.29, 0.717) is 6.54 Å². The van der Waals surface area contributed by atoms with Gasteiger partial charge in [0.1, 0.15) is 5.75 Å². The molecule has 2 aliphatic rings. The first-order valence-corrected chi connectivity index (χ1v) is 6.47. The van der Waals surface area contributed by atoms with Crippen LogP contribution in [0, 0.1) is 0 Å². The summed E-state index contributed by atoms with van der Waals surface area (Å²) in [6, 6.07) is 3.94. The van der Waals surface area contributed by atoms with E-state index in [1.54, 1.807) is 7.11 Å². The molecule has 1 aliphatic carbocycles. The number of fused-ring (bicyclic) bond motifs is 1. The van der Waals surface area contributed by atoms with Crippen LogP contribution in [0.1, 0.15) is 31.2 Å². The summed E-state index contributed by atoms with van der Waals surface area (Å²) >= 11 is 0. The van der Waals surface area contributed by atoms with Crippen molar-refractivity contribution in [1.82, 2.24) is 0 Å². The summed E-state index contributed by atoms with van der Waals surface area (Å²) in [5.41, 5.74) is 7.24. The summed E-state index contributed by atoms with van der Waals surface area (Å²) < 4.78 is 16.5. The van der Waals surface area contributed by atoms with Crippen molar-refractivity contribution in [1.29, 1.82) is 0 Å². The third-order valence-corrected chi connectivity index (χ3v) is 4.20. The highest BCUT2D eigenvalue weighted by Gasteiger charge is 2.39. The standard InChI is InChI=1S/C14H19NO3/c1-16-10-6-11(13-12(7-10)17-9-18-13)14(8-15)4-2-3-5-14/h6-7H,2-5,8-9,15H2,1H3. The summed E-state index contributed by atoms with van der Waals surface area (Å²) in [7, 11) is 1.67. The molecule has 0 saturated heterocycles. The molecule has 1 aliphatic heterocycles. The van der Waals surface area contributed by atoms with Crippen LogP contribution in [-0.4, -0.2) is 20.4 Å². The van der Waals surface area contributed by atoms with Crippen molar-refractivity contribution in [3.8, 4) is 17.2 Å². The van der Waals surface area contributed by atoms with E-state index < -0.39 is 0 Å². The number of methoxy groups -OCH3 is 1. The number of ether oxygens (including phenoxy) is 3. The van der Waals surface area contributed by atoms with Crippen LogP contribution in [0.2, 0.25) is 0 Å². The first-order valence-electron chi connectivity index (χ1n) is 6.47. The van der Waals surface area contributed by atoms with E-state index in [0.717, 1.165) is 35.7 Å². The number of nitrogens with two attached hydrogens (primary N) is 1. The molecule has 18 heavy (non-hydrogen) atoms. The van der Waals surface area contributed by atoms with Gasteiger partial charge in [-0.25, -0.2) is 0 Å². The molecule has 0 spiro atoms. The van der Waals surface area contributed by atoms with Crippen LogP contribution >= 0.6 is 0 Å². The number of hydrogen-bond donors (Lipinski definition) is 1. The van der Waals surface area contributed by atoms with Gasteiger partial charge >= 0.3 is 0 Å². The molecule has 0 amide bonds. The molecule has 1 aromatic carbocycles. The predicted octanol–water partition coefficient (Wildman–Crippen LogP) is 2.19. The quantitative estimate of drug-likeness (QED) is 0.892. The van der Waals surface area contributed by atoms with Crippen LogP contribution in [0.25, 0.3) is 0 Å². The van der Waals surface area contributed by atoms with Gasteiger partial charge in [0, 0.05) is 23.6 Å². The molecule has 4 nitrogen and oxygen atoms in total. The van der Waals surface area contributed by atoms with Gasteiger partial charge in [-0.05, 0) is 18.9 Å². The SMILES string of the molecule is COc1cc2c(c(C3(CN)CCCC3)c1)OCO2. The van der Waals surface area contributed by atoms with Crippen LogP contribution in [0.15, 0.2) is 12.1 Å². The molecule has 0 radical (unpaired) electrons. The van der Waals surface area contributed by atoms with Crippen LogP contribution < -0.4 is 19.9 Å². The van der Waals surface area contributed by atoms with Gasteiger partial charge in [0.25, 0.3) is 0 Å². The zero-order valence-electron chi connectivity index (χ0n) is 10.7. The third-order valence-electron chi connectivity index (χ3n) is 4.20. The predicted molar refractivity (Wildman–Crippen MR) is 68.3 cm³/mol. The minimum Gasteiger partial charge on any atom is -0.497 e. The molecule has 4 heteroatoms. The van der Waals surface area contributed by atoms with Crippen molar-refractivity contribution in [3.63, 3.8) is 0 Å². The highest BCUT2D eigenvalue weighted by molar-refractivity contribution is 5.56. The first-order chi connectivity index (χ1) is 8.79. The molecule has 1 heterocycles. The highest BCUT2D eigenvalue weighted by Crippen LogP contribution is 2.50. The first kappa shape index (κ1) is 11.7. The van der Waals surface area contributed by atoms with E-state index in [4.69, 9.17) is 19.9 Å². The minimum absolute atomic E-state index is 0.0341. The Labute approximate surface area is 107 Å². The average Bonchev–Trinajstić information content (AvgIpc) is 3.06. The summed E-state index contributed by atoms with van der Waals surface area (Å²) in [5.74, 6) is 2.46. The monoisotopic (exact) mass is 249 g/mol. The maximum Gasteiger partial charge on any atom is 0.231 e. The maximum absolute atomic E-state index is 6.05. The van der Waals surface area contributed by atoms with Crippen molar-refractivity contribution in [3.05, 3.63) is 17.7 Å². The van der Waals surface area contributed by atoms with Gasteiger partial charge in [0.2, 0.25) is 6.79 Å². The highest BCUT2D eigenvalue weighted by atomic mass is 16.7. The average molecular weight is 249 g/mol. The largest absolute Gasteiger partial charge is 0.497 e. The second kappa shape index (κ2) is 4.35. The Morgan fingerprint density at radius 1 is 1.28 bits per heavy atom. The molecule has 2 N–H and O–H groups in total. The van der Waals surface area contributed by atoms with Crippen LogP contribution in [-0.2, 0) is 5.41 Å². The lowest BCUT2D eigenvalue weighted by molar-refractivity contribution is 0.172. The van der Waals surface area contributed by atoms with E-state index in [1.807, 2.05) is 6.07 Å². The van der Waals surface area contributed by atoms with Gasteiger partial charge in [-0.2, -0.15) is 0 Å². The van der Waals surface area contributed by atoms with Crippen molar-refractivity contribution in [2.45, 2.75) is 31.1 Å². The zero-order chi connectivity index (χ0) is 12.6. The Hall–Kier alpha value is -1.42. The Balaban J connectivity index is 2.12. The molecule has 3 rings (SSSR count). The Morgan fingerprint density at radius 3 is 2.72 bits per heavy atom. The number of benzene rings is 1. The van der Waals surface area contributed by atoms with Crippen LogP contribution in [0.3, 0.4) is 0 Å². The molecule has 1 saturated carbocycles. The summed E-state index contributed by atoms with van der Waals surface area (Å²) in [6.07, 6.45) is 4.69. The number of rotatable bonds is 3. The molecular weight excluding hydrogens is 230 g/mol. The van der Waals surface area contributed by atoms with E-state index in [-0.39, 0.29) is 12.2 Å². The molecule has 0 bridgehead atoms. The van der Waals surface area contributed by atoms with Gasteiger partial charge < -0.3 is 19.9 Å². The van der Waals surface area contributed by atoms with Crippen molar-refractivity contribution in [2.24, 2.45) is 5.73 Å². The normalized spacial score (nSPS) is 20.1. The smallest absolute Gasteiger partial charge is 0.231 e. The maximum atomic E-state index is 6.05. The molecule has 1 fully saturated rings. The van der Waals surface area contributed by atoms with Crippen molar-refractivity contribution >= 4 is 0 Å². The fraction of sp³-hybridized carbons (Fsp3) is 0.571. The van der Waals surface area contributed by atoms with Gasteiger partial charge in [-0.1, -0.05) is 12.8 Å². The number of hydrogen-bond acceptors (Lipinski definition) is 4. The molecule has 0 unspecified atom stereocenters. The third kappa shape index (κ3) is 1.63. The van der Waals surface area contributed by atoms with Crippen molar-refractivity contribution < 1.29 is 14.2 Å². The second-order valence-electron chi connectivity index (χ2n) is 5.10. The van der Waals surface area contributed by atoms with E-state index >= 15 is 0 Å². The van der Waals surface area contributed by atoms with Gasteiger partial charge in [0.15, 0.2) is 11.5 Å². The second-order valence-corrected chi connectivity index (χ2v) is 5.10. The summed E-state index contributed by atoms with van der Waals surface area (Å²) in [5, 5.41) is 0. The molecule has 0 atom stereocenters. The Bertz CT molecular complexity index is 453. The molecule has 0 aromatic heterocycles. The molecular formula is C14H19NO3. The van der Waals surface area contributed by atoms with Crippen LogP contribution in [0.5, 0.6) is 17.2 Å². The minimum atomic E-state index is 0.0341. The zero-order valence-corrected chi connectivity index (χ0v) is 10.7. The van der Waals surface area contributed by atoms with Crippen molar-refractivity contribution in [2.75, 3.05) is 20.4 Å². The van der Waals surface area contributed by atoms with E-state index in [2.05, 4.69) is 6.07 Å². The Morgan fingerprint density at radius 2 is 2.06 bits per heavy atom. The van der Waals surface area contributed by atoms with E-state index in [1.165, 1.54) is 12.8 Å². The fourth-order valence-electron chi connectivity index (χ4n) is 3.13. The molecule has 1 aromatic rings. The summed E-state index contributed by atoms with van der Waals surface area (Å²) in [4.78, 5) is 0. The van der Waals surface area contributed by atoms with E-state index in [9.17, 15) is 0 Å². The molecule has 98 valence electrons.